The fraction of sp³-hybridized carbons (Fsp3) is 0.500. The Kier molecular flexibility index (Phi) is 5.07. The lowest BCUT2D eigenvalue weighted by molar-refractivity contribution is 0.367. The molecule has 21 heavy (non-hydrogen) atoms. The summed E-state index contributed by atoms with van der Waals surface area (Å²) >= 11 is 3.33. The van der Waals surface area contributed by atoms with Gasteiger partial charge in [0.15, 0.2) is 0 Å². The molecule has 2 N–H and O–H groups in total. The number of aromatic amines is 1. The smallest absolute Gasteiger partial charge is 0.283 e. The molecule has 1 atom stereocenters. The summed E-state index contributed by atoms with van der Waals surface area (Å²) in [5.41, 5.74) is 0.469. The normalized spacial score (nSPS) is 12.6. The van der Waals surface area contributed by atoms with Crippen LogP contribution < -0.4 is 10.9 Å². The van der Waals surface area contributed by atoms with Gasteiger partial charge in [0.1, 0.15) is 16.6 Å². The first-order valence-electron chi connectivity index (χ1n) is 6.51. The Morgan fingerprint density at radius 1 is 1.52 bits per heavy atom. The molecule has 2 heterocycles. The van der Waals surface area contributed by atoms with E-state index in [-0.39, 0.29) is 11.6 Å². The zero-order valence-electron chi connectivity index (χ0n) is 12.2. The predicted octanol–water partition coefficient (Wildman–Crippen LogP) is 0.859. The molecule has 0 aliphatic heterocycles. The van der Waals surface area contributed by atoms with Crippen LogP contribution in [0.2, 0.25) is 0 Å². The maximum atomic E-state index is 12.2. The molecule has 0 bridgehead atoms. The van der Waals surface area contributed by atoms with Crippen molar-refractivity contribution in [3.05, 3.63) is 33.2 Å². The van der Waals surface area contributed by atoms with Gasteiger partial charge in [-0.25, -0.2) is 9.67 Å². The molecule has 0 saturated heterocycles. The number of anilines is 1. The van der Waals surface area contributed by atoms with Gasteiger partial charge in [0, 0.05) is 6.54 Å². The highest BCUT2D eigenvalue weighted by molar-refractivity contribution is 9.10. The van der Waals surface area contributed by atoms with Gasteiger partial charge >= 0.3 is 0 Å². The molecule has 0 radical (unpaired) electrons. The Morgan fingerprint density at radius 2 is 2.29 bits per heavy atom. The summed E-state index contributed by atoms with van der Waals surface area (Å²) in [7, 11) is 3.91. The first kappa shape index (κ1) is 15.6. The highest BCUT2D eigenvalue weighted by Gasteiger charge is 2.13. The van der Waals surface area contributed by atoms with Gasteiger partial charge in [0.05, 0.1) is 24.5 Å². The summed E-state index contributed by atoms with van der Waals surface area (Å²) in [5.74, 6) is 0.693. The Hall–Kier alpha value is -1.74. The highest BCUT2D eigenvalue weighted by atomic mass is 79.9. The van der Waals surface area contributed by atoms with E-state index in [1.807, 2.05) is 25.9 Å². The van der Waals surface area contributed by atoms with Gasteiger partial charge in [-0.3, -0.25) is 9.89 Å². The number of halogens is 1. The van der Waals surface area contributed by atoms with Crippen molar-refractivity contribution < 1.29 is 0 Å². The van der Waals surface area contributed by atoms with E-state index in [2.05, 4.69) is 41.5 Å². The molecule has 0 aliphatic rings. The molecule has 0 aliphatic carbocycles. The third-order valence-electron chi connectivity index (χ3n) is 2.96. The van der Waals surface area contributed by atoms with Gasteiger partial charge in [0.25, 0.3) is 5.56 Å². The molecule has 8 nitrogen and oxygen atoms in total. The quantitative estimate of drug-likeness (QED) is 0.798. The van der Waals surface area contributed by atoms with Crippen molar-refractivity contribution in [1.29, 1.82) is 0 Å². The van der Waals surface area contributed by atoms with E-state index in [4.69, 9.17) is 0 Å². The van der Waals surface area contributed by atoms with E-state index in [0.717, 1.165) is 6.54 Å². The van der Waals surface area contributed by atoms with Gasteiger partial charge < -0.3 is 10.2 Å². The number of likely N-dealkylation sites (N-methyl/N-ethyl adjacent to an activating group) is 1. The van der Waals surface area contributed by atoms with E-state index in [1.165, 1.54) is 11.0 Å². The number of rotatable bonds is 6. The summed E-state index contributed by atoms with van der Waals surface area (Å²) in [4.78, 5) is 18.3. The molecule has 2 aromatic heterocycles. The zero-order chi connectivity index (χ0) is 15.4. The Morgan fingerprint density at radius 3 is 2.90 bits per heavy atom. The van der Waals surface area contributed by atoms with Crippen LogP contribution in [0.15, 0.2) is 21.8 Å². The van der Waals surface area contributed by atoms with Crippen LogP contribution in [0.3, 0.4) is 0 Å². The molecular formula is C12H18BrN7O. The lowest BCUT2D eigenvalue weighted by Gasteiger charge is -2.15. The third-order valence-corrected chi connectivity index (χ3v) is 3.73. The highest BCUT2D eigenvalue weighted by Crippen LogP contribution is 2.21. The van der Waals surface area contributed by atoms with Gasteiger partial charge in [-0.1, -0.05) is 0 Å². The van der Waals surface area contributed by atoms with E-state index >= 15 is 0 Å². The van der Waals surface area contributed by atoms with Crippen LogP contribution in [-0.2, 0) is 6.54 Å². The second-order valence-corrected chi connectivity index (χ2v) is 5.73. The minimum atomic E-state index is -0.161. The van der Waals surface area contributed by atoms with Crippen LogP contribution in [-0.4, -0.2) is 50.5 Å². The third kappa shape index (κ3) is 3.88. The molecule has 9 heteroatoms. The van der Waals surface area contributed by atoms with Crippen molar-refractivity contribution in [1.82, 2.24) is 29.9 Å². The van der Waals surface area contributed by atoms with Crippen LogP contribution in [0.25, 0.3) is 0 Å². The Bertz CT molecular complexity index is 638. The Labute approximate surface area is 130 Å². The molecule has 0 aromatic carbocycles. The van der Waals surface area contributed by atoms with Crippen LogP contribution in [0.5, 0.6) is 0 Å². The fourth-order valence-electron chi connectivity index (χ4n) is 1.74. The minimum absolute atomic E-state index is 0.109. The molecule has 0 fully saturated rings. The predicted molar refractivity (Wildman–Crippen MR) is 83.2 cm³/mol. The monoisotopic (exact) mass is 355 g/mol. The van der Waals surface area contributed by atoms with E-state index in [0.29, 0.717) is 22.5 Å². The molecular weight excluding hydrogens is 338 g/mol. The first-order chi connectivity index (χ1) is 9.99. The van der Waals surface area contributed by atoms with Crippen LogP contribution >= 0.6 is 15.9 Å². The SMILES string of the molecule is CC(Nc1cnn(CCN(C)C)c(=O)c1Br)c1ncn[nH]1. The molecule has 114 valence electrons. The number of hydrogen-bond donors (Lipinski definition) is 2. The van der Waals surface area contributed by atoms with E-state index in [1.54, 1.807) is 6.20 Å². The number of H-pyrrole nitrogens is 1. The average Bonchev–Trinajstić information content (AvgIpc) is 2.97. The Balaban J connectivity index is 2.15. The number of nitrogens with one attached hydrogen (secondary N) is 2. The van der Waals surface area contributed by atoms with Crippen LogP contribution in [0.1, 0.15) is 18.8 Å². The van der Waals surface area contributed by atoms with Crippen molar-refractivity contribution in [2.45, 2.75) is 19.5 Å². The zero-order valence-corrected chi connectivity index (χ0v) is 13.8. The second-order valence-electron chi connectivity index (χ2n) is 4.94. The van der Waals surface area contributed by atoms with Crippen molar-refractivity contribution in [3.63, 3.8) is 0 Å². The summed E-state index contributed by atoms with van der Waals surface area (Å²) in [6.45, 7) is 3.22. The minimum Gasteiger partial charge on any atom is -0.373 e. The van der Waals surface area contributed by atoms with Crippen molar-refractivity contribution in [2.24, 2.45) is 0 Å². The summed E-state index contributed by atoms with van der Waals surface area (Å²) in [6.07, 6.45) is 3.08. The topological polar surface area (TPSA) is 91.7 Å². The number of nitrogens with zero attached hydrogens (tertiary/aromatic N) is 5. The summed E-state index contributed by atoms with van der Waals surface area (Å²) in [5, 5.41) is 14.0. The van der Waals surface area contributed by atoms with E-state index in [9.17, 15) is 4.79 Å². The lowest BCUT2D eigenvalue weighted by Crippen LogP contribution is -2.29. The van der Waals surface area contributed by atoms with Crippen molar-refractivity contribution >= 4 is 21.6 Å². The maximum Gasteiger partial charge on any atom is 0.283 e. The molecule has 0 saturated carbocycles. The molecule has 0 spiro atoms. The molecule has 1 unspecified atom stereocenters. The largest absolute Gasteiger partial charge is 0.373 e. The molecule has 0 amide bonds. The van der Waals surface area contributed by atoms with Crippen molar-refractivity contribution in [2.75, 3.05) is 26.0 Å². The number of hydrogen-bond acceptors (Lipinski definition) is 6. The number of aromatic nitrogens is 5. The van der Waals surface area contributed by atoms with Crippen LogP contribution in [0, 0.1) is 0 Å². The van der Waals surface area contributed by atoms with Crippen LogP contribution in [0.4, 0.5) is 5.69 Å². The summed E-state index contributed by atoms with van der Waals surface area (Å²) < 4.78 is 1.90. The van der Waals surface area contributed by atoms with Gasteiger partial charge in [-0.05, 0) is 36.9 Å². The maximum absolute atomic E-state index is 12.2. The first-order valence-corrected chi connectivity index (χ1v) is 7.30. The van der Waals surface area contributed by atoms with E-state index < -0.39 is 0 Å². The van der Waals surface area contributed by atoms with Gasteiger partial charge in [0.2, 0.25) is 0 Å². The molecule has 2 aromatic rings. The van der Waals surface area contributed by atoms with Gasteiger partial charge in [-0.15, -0.1) is 0 Å². The fourth-order valence-corrected chi connectivity index (χ4v) is 2.17. The standard InChI is InChI=1S/C12H18BrN7O/c1-8(11-14-7-15-18-11)17-9-6-16-20(5-4-19(2)3)12(21)10(9)13/h6-8,17H,4-5H2,1-3H3,(H,14,15,18). The van der Waals surface area contributed by atoms with Gasteiger partial charge in [-0.2, -0.15) is 10.2 Å². The average molecular weight is 356 g/mol. The van der Waals surface area contributed by atoms with Crippen molar-refractivity contribution in [3.8, 4) is 0 Å². The second kappa shape index (κ2) is 6.81. The summed E-state index contributed by atoms with van der Waals surface area (Å²) in [6, 6.07) is -0.109. The molecule has 2 rings (SSSR count). The lowest BCUT2D eigenvalue weighted by atomic mass is 10.3.